The molecule has 1 aliphatic heterocycles. The van der Waals surface area contributed by atoms with Crippen LogP contribution in [0.1, 0.15) is 27.0 Å². The van der Waals surface area contributed by atoms with Crippen LogP contribution in [0.25, 0.3) is 0 Å². The summed E-state index contributed by atoms with van der Waals surface area (Å²) in [6.45, 7) is 4.29. The summed E-state index contributed by atoms with van der Waals surface area (Å²) in [5, 5.41) is 0. The molecule has 0 aromatic heterocycles. The highest BCUT2D eigenvalue weighted by Crippen LogP contribution is 2.31. The molecule has 0 saturated carbocycles. The molecule has 5 nitrogen and oxygen atoms in total. The van der Waals surface area contributed by atoms with Crippen molar-refractivity contribution in [3.63, 3.8) is 0 Å². The Kier molecular flexibility index (Phi) is 4.88. The minimum Gasteiger partial charge on any atom is -0.308 e. The van der Waals surface area contributed by atoms with Crippen LogP contribution in [-0.2, 0) is 16.4 Å². The standard InChI is InChI=1S/C23H22N2O3S/c1-16-10-12-19(13-11-16)29(27,28)24-21-8-5-7-20(17(21)2)23(26)25-15-14-18-6-3-4-9-22(18)25/h3-13,24H,14-15H2,1-2H3. The second-order valence-corrected chi connectivity index (χ2v) is 8.91. The van der Waals surface area contributed by atoms with Gasteiger partial charge < -0.3 is 4.90 Å². The Balaban J connectivity index is 1.64. The Morgan fingerprint density at radius 1 is 0.931 bits per heavy atom. The number of nitrogens with one attached hydrogen (secondary N) is 1. The Bertz CT molecular complexity index is 1180. The van der Waals surface area contributed by atoms with Gasteiger partial charge >= 0.3 is 0 Å². The number of para-hydroxylation sites is 1. The topological polar surface area (TPSA) is 66.5 Å². The molecule has 0 bridgehead atoms. The number of benzene rings is 3. The van der Waals surface area contributed by atoms with Crippen LogP contribution in [-0.4, -0.2) is 20.9 Å². The number of sulfonamides is 1. The van der Waals surface area contributed by atoms with Gasteiger partial charge in [0.2, 0.25) is 0 Å². The van der Waals surface area contributed by atoms with Crippen LogP contribution in [0.2, 0.25) is 0 Å². The number of carbonyl (C=O) groups is 1. The minimum atomic E-state index is -3.74. The minimum absolute atomic E-state index is 0.121. The summed E-state index contributed by atoms with van der Waals surface area (Å²) in [6.07, 6.45) is 0.820. The molecule has 148 valence electrons. The second-order valence-electron chi connectivity index (χ2n) is 7.23. The number of hydrogen-bond acceptors (Lipinski definition) is 3. The van der Waals surface area contributed by atoms with E-state index in [1.807, 2.05) is 31.2 Å². The molecule has 1 amide bonds. The molecule has 0 radical (unpaired) electrons. The van der Waals surface area contributed by atoms with Gasteiger partial charge in [-0.1, -0.05) is 42.0 Å². The number of fused-ring (bicyclic) bond motifs is 1. The van der Waals surface area contributed by atoms with Gasteiger partial charge in [-0.2, -0.15) is 0 Å². The molecule has 6 heteroatoms. The average Bonchev–Trinajstić information content (AvgIpc) is 3.13. The van der Waals surface area contributed by atoms with Crippen molar-refractivity contribution >= 4 is 27.3 Å². The fraction of sp³-hybridized carbons (Fsp3) is 0.174. The molecule has 1 N–H and O–H groups in total. The van der Waals surface area contributed by atoms with E-state index >= 15 is 0 Å². The first-order chi connectivity index (χ1) is 13.9. The molecule has 0 aliphatic carbocycles. The maximum atomic E-state index is 13.2. The predicted molar refractivity (Wildman–Crippen MR) is 115 cm³/mol. The van der Waals surface area contributed by atoms with Gasteiger partial charge in [-0.15, -0.1) is 0 Å². The van der Waals surface area contributed by atoms with Gasteiger partial charge in [0, 0.05) is 17.8 Å². The van der Waals surface area contributed by atoms with Crippen molar-refractivity contribution in [2.45, 2.75) is 25.2 Å². The maximum absolute atomic E-state index is 13.2. The van der Waals surface area contributed by atoms with Gasteiger partial charge in [0.15, 0.2) is 0 Å². The van der Waals surface area contributed by atoms with E-state index in [-0.39, 0.29) is 10.8 Å². The van der Waals surface area contributed by atoms with E-state index in [2.05, 4.69) is 4.72 Å². The zero-order valence-electron chi connectivity index (χ0n) is 16.3. The van der Waals surface area contributed by atoms with Crippen LogP contribution in [0.5, 0.6) is 0 Å². The van der Waals surface area contributed by atoms with Crippen molar-refractivity contribution in [1.82, 2.24) is 0 Å². The third kappa shape index (κ3) is 3.63. The number of nitrogens with zero attached hydrogens (tertiary/aromatic N) is 1. The first kappa shape index (κ1) is 19.2. The summed E-state index contributed by atoms with van der Waals surface area (Å²) in [6, 6.07) is 19.6. The Morgan fingerprint density at radius 2 is 1.66 bits per heavy atom. The smallest absolute Gasteiger partial charge is 0.261 e. The molecule has 29 heavy (non-hydrogen) atoms. The number of amides is 1. The highest BCUT2D eigenvalue weighted by molar-refractivity contribution is 7.92. The molecule has 1 heterocycles. The Morgan fingerprint density at radius 3 is 2.41 bits per heavy atom. The van der Waals surface area contributed by atoms with Crippen molar-refractivity contribution in [1.29, 1.82) is 0 Å². The molecular weight excluding hydrogens is 384 g/mol. The van der Waals surface area contributed by atoms with E-state index in [0.29, 0.717) is 23.4 Å². The lowest BCUT2D eigenvalue weighted by Gasteiger charge is -2.20. The highest BCUT2D eigenvalue weighted by atomic mass is 32.2. The average molecular weight is 407 g/mol. The van der Waals surface area contributed by atoms with Crippen LogP contribution in [0.4, 0.5) is 11.4 Å². The molecule has 0 saturated heterocycles. The highest BCUT2D eigenvalue weighted by Gasteiger charge is 2.27. The number of anilines is 2. The third-order valence-corrected chi connectivity index (χ3v) is 6.65. The third-order valence-electron chi connectivity index (χ3n) is 5.27. The van der Waals surface area contributed by atoms with Crippen molar-refractivity contribution < 1.29 is 13.2 Å². The fourth-order valence-electron chi connectivity index (χ4n) is 3.59. The molecule has 0 unspecified atom stereocenters. The van der Waals surface area contributed by atoms with E-state index in [1.54, 1.807) is 54.3 Å². The summed E-state index contributed by atoms with van der Waals surface area (Å²) >= 11 is 0. The van der Waals surface area contributed by atoms with E-state index in [4.69, 9.17) is 0 Å². The SMILES string of the molecule is Cc1ccc(S(=O)(=O)Nc2cccc(C(=O)N3CCc4ccccc43)c2C)cc1. The first-order valence-corrected chi connectivity index (χ1v) is 10.9. The Hall–Kier alpha value is -3.12. The second kappa shape index (κ2) is 7.37. The van der Waals surface area contributed by atoms with Crippen molar-refractivity contribution in [3.8, 4) is 0 Å². The number of aryl methyl sites for hydroxylation is 1. The lowest BCUT2D eigenvalue weighted by atomic mass is 10.1. The lowest BCUT2D eigenvalue weighted by molar-refractivity contribution is 0.0989. The summed E-state index contributed by atoms with van der Waals surface area (Å²) in [4.78, 5) is 15.2. The zero-order chi connectivity index (χ0) is 20.6. The molecule has 4 rings (SSSR count). The summed E-state index contributed by atoms with van der Waals surface area (Å²) in [7, 11) is -3.74. The van der Waals surface area contributed by atoms with Crippen LogP contribution >= 0.6 is 0 Å². The van der Waals surface area contributed by atoms with Gasteiger partial charge in [0.1, 0.15) is 0 Å². The zero-order valence-corrected chi connectivity index (χ0v) is 17.2. The quantitative estimate of drug-likeness (QED) is 0.702. The molecule has 3 aromatic rings. The molecule has 1 aliphatic rings. The van der Waals surface area contributed by atoms with Gasteiger partial charge in [0.05, 0.1) is 10.6 Å². The van der Waals surface area contributed by atoms with Crippen LogP contribution in [0.15, 0.2) is 71.6 Å². The van der Waals surface area contributed by atoms with Gasteiger partial charge in [0.25, 0.3) is 15.9 Å². The van der Waals surface area contributed by atoms with Crippen molar-refractivity contribution in [2.24, 2.45) is 0 Å². The summed E-state index contributed by atoms with van der Waals surface area (Å²) in [5.74, 6) is -0.121. The maximum Gasteiger partial charge on any atom is 0.261 e. The van der Waals surface area contributed by atoms with E-state index in [9.17, 15) is 13.2 Å². The number of rotatable bonds is 4. The van der Waals surface area contributed by atoms with E-state index in [0.717, 1.165) is 23.2 Å². The number of hydrogen-bond donors (Lipinski definition) is 1. The van der Waals surface area contributed by atoms with Crippen LogP contribution in [0.3, 0.4) is 0 Å². The van der Waals surface area contributed by atoms with Crippen LogP contribution < -0.4 is 9.62 Å². The lowest BCUT2D eigenvalue weighted by Crippen LogP contribution is -2.29. The molecule has 0 fully saturated rings. The monoisotopic (exact) mass is 406 g/mol. The molecular formula is C23H22N2O3S. The largest absolute Gasteiger partial charge is 0.308 e. The van der Waals surface area contributed by atoms with Crippen molar-refractivity contribution in [2.75, 3.05) is 16.2 Å². The predicted octanol–water partition coefficient (Wildman–Crippen LogP) is 4.31. The Labute approximate surface area is 171 Å². The fourth-order valence-corrected chi connectivity index (χ4v) is 4.72. The molecule has 0 spiro atoms. The van der Waals surface area contributed by atoms with E-state index in [1.165, 1.54) is 0 Å². The summed E-state index contributed by atoms with van der Waals surface area (Å²) < 4.78 is 28.1. The van der Waals surface area contributed by atoms with Gasteiger partial charge in [-0.05, 0) is 61.7 Å². The van der Waals surface area contributed by atoms with Gasteiger partial charge in [-0.25, -0.2) is 8.42 Å². The summed E-state index contributed by atoms with van der Waals surface area (Å²) in [5.41, 5.74) is 4.56. The van der Waals surface area contributed by atoms with E-state index < -0.39 is 10.0 Å². The number of carbonyl (C=O) groups excluding carboxylic acids is 1. The molecule has 3 aromatic carbocycles. The van der Waals surface area contributed by atoms with Crippen molar-refractivity contribution in [3.05, 3.63) is 89.0 Å². The first-order valence-electron chi connectivity index (χ1n) is 9.46. The molecule has 0 atom stereocenters. The van der Waals surface area contributed by atoms with Gasteiger partial charge in [-0.3, -0.25) is 9.52 Å². The van der Waals surface area contributed by atoms with Crippen LogP contribution in [0, 0.1) is 13.8 Å². The normalized spacial score (nSPS) is 13.2.